The molecule has 3 rings (SSSR count). The molecule has 0 spiro atoms. The van der Waals surface area contributed by atoms with Crippen LogP contribution in [0.1, 0.15) is 22.1 Å². The van der Waals surface area contributed by atoms with Gasteiger partial charge in [0, 0.05) is 39.2 Å². The molecule has 1 saturated heterocycles. The van der Waals surface area contributed by atoms with E-state index in [1.807, 2.05) is 0 Å². The number of aromatic nitrogens is 2. The summed E-state index contributed by atoms with van der Waals surface area (Å²) in [6.07, 6.45) is 0. The molecule has 0 radical (unpaired) electrons. The number of piperazine rings is 1. The van der Waals surface area contributed by atoms with Crippen molar-refractivity contribution in [1.29, 1.82) is 0 Å². The number of nitrogens with two attached hydrogens (primary N) is 1. The second-order valence-electron chi connectivity index (χ2n) is 5.87. The van der Waals surface area contributed by atoms with Crippen LogP contribution in [0.4, 0.5) is 5.69 Å². The van der Waals surface area contributed by atoms with Crippen molar-refractivity contribution in [3.8, 4) is 5.75 Å². The number of anilines is 1. The number of methoxy groups -OCH3 is 1. The molecule has 0 saturated carbocycles. The predicted molar refractivity (Wildman–Crippen MR) is 92.6 cm³/mol. The molecule has 0 atom stereocenters. The highest BCUT2D eigenvalue weighted by Crippen LogP contribution is 2.30. The maximum atomic E-state index is 12.8. The maximum Gasteiger partial charge on any atom is 0.257 e. The van der Waals surface area contributed by atoms with Gasteiger partial charge in [0.15, 0.2) is 5.82 Å². The molecule has 134 valence electrons. The minimum absolute atomic E-state index is 0.117. The van der Waals surface area contributed by atoms with Crippen LogP contribution < -0.4 is 10.5 Å². The molecule has 2 heterocycles. The van der Waals surface area contributed by atoms with Gasteiger partial charge in [0.2, 0.25) is 5.89 Å². The Morgan fingerprint density at radius 1 is 1.36 bits per heavy atom. The molecule has 2 aromatic rings. The van der Waals surface area contributed by atoms with Crippen LogP contribution in [0.5, 0.6) is 5.75 Å². The van der Waals surface area contributed by atoms with E-state index < -0.39 is 0 Å². The van der Waals surface area contributed by atoms with Crippen LogP contribution in [0.2, 0.25) is 5.02 Å². The van der Waals surface area contributed by atoms with Crippen molar-refractivity contribution in [3.63, 3.8) is 0 Å². The first-order valence-corrected chi connectivity index (χ1v) is 8.29. The summed E-state index contributed by atoms with van der Waals surface area (Å²) in [5, 5.41) is 4.24. The van der Waals surface area contributed by atoms with E-state index in [4.69, 9.17) is 26.6 Å². The summed E-state index contributed by atoms with van der Waals surface area (Å²) in [4.78, 5) is 21.0. The van der Waals surface area contributed by atoms with Gasteiger partial charge in [-0.15, -0.1) is 0 Å². The van der Waals surface area contributed by atoms with Gasteiger partial charge in [0.25, 0.3) is 5.91 Å². The van der Waals surface area contributed by atoms with Crippen LogP contribution in [-0.4, -0.2) is 59.1 Å². The standard InChI is InChI=1S/C16H20ClN5O3/c1-10-19-15(20-25-10)9-21-3-5-22(6-4-21)16(23)11-7-12(17)13(18)8-14(11)24-2/h7-8H,3-6,9,18H2,1-2H3. The molecule has 2 N–H and O–H groups in total. The Morgan fingerprint density at radius 2 is 2.08 bits per heavy atom. The van der Waals surface area contributed by atoms with Crippen LogP contribution in [-0.2, 0) is 6.54 Å². The summed E-state index contributed by atoms with van der Waals surface area (Å²) < 4.78 is 10.3. The van der Waals surface area contributed by atoms with Crippen LogP contribution in [0.25, 0.3) is 0 Å². The number of benzene rings is 1. The van der Waals surface area contributed by atoms with Crippen molar-refractivity contribution in [1.82, 2.24) is 19.9 Å². The number of ether oxygens (including phenoxy) is 1. The Balaban J connectivity index is 1.64. The van der Waals surface area contributed by atoms with Gasteiger partial charge in [-0.05, 0) is 6.07 Å². The molecule has 0 unspecified atom stereocenters. The normalized spacial score (nSPS) is 15.4. The molecule has 25 heavy (non-hydrogen) atoms. The van der Waals surface area contributed by atoms with E-state index in [1.165, 1.54) is 7.11 Å². The monoisotopic (exact) mass is 365 g/mol. The highest BCUT2D eigenvalue weighted by atomic mass is 35.5. The zero-order valence-electron chi connectivity index (χ0n) is 14.2. The Bertz CT molecular complexity index is 771. The van der Waals surface area contributed by atoms with Crippen molar-refractivity contribution in [3.05, 3.63) is 34.4 Å². The van der Waals surface area contributed by atoms with Crippen molar-refractivity contribution in [2.75, 3.05) is 39.0 Å². The first kappa shape index (κ1) is 17.5. The van der Waals surface area contributed by atoms with Gasteiger partial charge < -0.3 is 19.9 Å². The average molecular weight is 366 g/mol. The lowest BCUT2D eigenvalue weighted by atomic mass is 10.1. The number of nitrogen functional groups attached to an aromatic ring is 1. The Kier molecular flexibility index (Phi) is 5.10. The van der Waals surface area contributed by atoms with E-state index in [-0.39, 0.29) is 5.91 Å². The van der Waals surface area contributed by atoms with Gasteiger partial charge >= 0.3 is 0 Å². The van der Waals surface area contributed by atoms with Gasteiger partial charge in [-0.3, -0.25) is 9.69 Å². The third-order valence-corrected chi connectivity index (χ3v) is 4.47. The fourth-order valence-electron chi connectivity index (χ4n) is 2.79. The molecular weight excluding hydrogens is 346 g/mol. The molecule has 1 aromatic heterocycles. The average Bonchev–Trinajstić information content (AvgIpc) is 3.02. The number of carbonyl (C=O) groups excluding carboxylic acids is 1. The quantitative estimate of drug-likeness (QED) is 0.821. The molecule has 1 amide bonds. The smallest absolute Gasteiger partial charge is 0.257 e. The second kappa shape index (κ2) is 7.28. The Morgan fingerprint density at radius 3 is 2.68 bits per heavy atom. The summed E-state index contributed by atoms with van der Waals surface area (Å²) in [5.41, 5.74) is 6.58. The summed E-state index contributed by atoms with van der Waals surface area (Å²) in [7, 11) is 1.50. The number of amides is 1. The summed E-state index contributed by atoms with van der Waals surface area (Å²) in [6, 6.07) is 3.14. The maximum absolute atomic E-state index is 12.8. The SMILES string of the molecule is COc1cc(N)c(Cl)cc1C(=O)N1CCN(Cc2noc(C)n2)CC1. The Labute approximate surface area is 150 Å². The summed E-state index contributed by atoms with van der Waals surface area (Å²) in [6.45, 7) is 5.02. The largest absolute Gasteiger partial charge is 0.496 e. The van der Waals surface area contributed by atoms with Gasteiger partial charge in [-0.25, -0.2) is 0 Å². The molecule has 0 bridgehead atoms. The number of carbonyl (C=O) groups is 1. The molecule has 9 heteroatoms. The first-order chi connectivity index (χ1) is 12.0. The van der Waals surface area contributed by atoms with Crippen molar-refractivity contribution < 1.29 is 14.1 Å². The highest BCUT2D eigenvalue weighted by Gasteiger charge is 2.25. The van der Waals surface area contributed by atoms with E-state index in [9.17, 15) is 4.79 Å². The molecule has 0 aliphatic carbocycles. The highest BCUT2D eigenvalue weighted by molar-refractivity contribution is 6.33. The fourth-order valence-corrected chi connectivity index (χ4v) is 2.95. The lowest BCUT2D eigenvalue weighted by Crippen LogP contribution is -2.48. The number of nitrogens with zero attached hydrogens (tertiary/aromatic N) is 4. The predicted octanol–water partition coefficient (Wildman–Crippen LogP) is 1.58. The van der Waals surface area contributed by atoms with E-state index in [2.05, 4.69) is 15.0 Å². The third kappa shape index (κ3) is 3.85. The lowest BCUT2D eigenvalue weighted by Gasteiger charge is -2.34. The topological polar surface area (TPSA) is 97.7 Å². The van der Waals surface area contributed by atoms with E-state index >= 15 is 0 Å². The van der Waals surface area contributed by atoms with E-state index in [0.29, 0.717) is 53.4 Å². The first-order valence-electron chi connectivity index (χ1n) is 7.91. The van der Waals surface area contributed by atoms with E-state index in [0.717, 1.165) is 13.1 Å². The van der Waals surface area contributed by atoms with Crippen LogP contribution in [0.3, 0.4) is 0 Å². The van der Waals surface area contributed by atoms with Gasteiger partial charge in [-0.2, -0.15) is 4.98 Å². The van der Waals surface area contributed by atoms with Crippen molar-refractivity contribution in [2.45, 2.75) is 13.5 Å². The summed E-state index contributed by atoms with van der Waals surface area (Å²) in [5.74, 6) is 1.52. The minimum atomic E-state index is -0.117. The molecule has 1 fully saturated rings. The zero-order chi connectivity index (χ0) is 18.0. The lowest BCUT2D eigenvalue weighted by molar-refractivity contribution is 0.0621. The number of hydrogen-bond acceptors (Lipinski definition) is 7. The summed E-state index contributed by atoms with van der Waals surface area (Å²) >= 11 is 6.06. The molecule has 8 nitrogen and oxygen atoms in total. The Hall–Kier alpha value is -2.32. The third-order valence-electron chi connectivity index (χ3n) is 4.14. The number of halogens is 1. The van der Waals surface area contributed by atoms with E-state index in [1.54, 1.807) is 24.0 Å². The van der Waals surface area contributed by atoms with Crippen LogP contribution in [0, 0.1) is 6.92 Å². The molecular formula is C16H20ClN5O3. The van der Waals surface area contributed by atoms with Gasteiger partial charge in [0.1, 0.15) is 5.75 Å². The molecule has 1 aliphatic rings. The van der Waals surface area contributed by atoms with Crippen molar-refractivity contribution in [2.24, 2.45) is 0 Å². The zero-order valence-corrected chi connectivity index (χ0v) is 14.9. The number of aryl methyl sites for hydroxylation is 1. The second-order valence-corrected chi connectivity index (χ2v) is 6.28. The number of hydrogen-bond donors (Lipinski definition) is 1. The minimum Gasteiger partial charge on any atom is -0.496 e. The van der Waals surface area contributed by atoms with Crippen LogP contribution in [0.15, 0.2) is 16.7 Å². The fraction of sp³-hybridized carbons (Fsp3) is 0.438. The van der Waals surface area contributed by atoms with Crippen molar-refractivity contribution >= 4 is 23.2 Å². The van der Waals surface area contributed by atoms with Crippen LogP contribution >= 0.6 is 11.6 Å². The van der Waals surface area contributed by atoms with Gasteiger partial charge in [0.05, 0.1) is 29.9 Å². The molecule has 1 aromatic carbocycles. The van der Waals surface area contributed by atoms with Gasteiger partial charge in [-0.1, -0.05) is 16.8 Å². The number of rotatable bonds is 4. The molecule has 1 aliphatic heterocycles.